The van der Waals surface area contributed by atoms with Crippen LogP contribution in [0.2, 0.25) is 0 Å². The lowest BCUT2D eigenvalue weighted by molar-refractivity contribution is 0.338. The third-order valence-electron chi connectivity index (χ3n) is 4.72. The lowest BCUT2D eigenvalue weighted by Crippen LogP contribution is -2.25. The second-order valence-electron chi connectivity index (χ2n) is 8.01. The number of nitrogen functional groups attached to an aromatic ring is 1. The van der Waals surface area contributed by atoms with Crippen LogP contribution >= 0.6 is 9.39 Å². The van der Waals surface area contributed by atoms with Gasteiger partial charge in [-0.25, -0.2) is 15.0 Å². The van der Waals surface area contributed by atoms with Crippen LogP contribution < -0.4 is 5.73 Å². The fourth-order valence-corrected chi connectivity index (χ4v) is 3.33. The summed E-state index contributed by atoms with van der Waals surface area (Å²) in [5, 5.41) is 15.5. The van der Waals surface area contributed by atoms with Gasteiger partial charge in [-0.15, -0.1) is 10.2 Å². The summed E-state index contributed by atoms with van der Waals surface area (Å²) in [5.74, 6) is 2.68. The van der Waals surface area contributed by atoms with Crippen molar-refractivity contribution in [2.24, 2.45) is 0 Å². The minimum atomic E-state index is -0.268. The predicted octanol–water partition coefficient (Wildman–Crippen LogP) is 2.16. The summed E-state index contributed by atoms with van der Waals surface area (Å²) >= 11 is 0. The van der Waals surface area contributed by atoms with Crippen LogP contribution in [0, 0.1) is 0 Å². The highest BCUT2D eigenvalue weighted by molar-refractivity contribution is 7.13. The van der Waals surface area contributed by atoms with E-state index in [4.69, 9.17) is 10.2 Å². The maximum atomic E-state index is 6.00. The SMILES string of the molecule is CC(C)(C)c1nnc(-c2nc(-c3n[nH]c(C4CCN(P)CC4)n3)cnc2N)o1. The molecule has 4 rings (SSSR count). The Morgan fingerprint density at radius 3 is 2.64 bits per heavy atom. The molecule has 1 aliphatic rings. The average Bonchev–Trinajstić information content (AvgIpc) is 3.32. The Labute approximate surface area is 165 Å². The Hall–Kier alpha value is -2.45. The van der Waals surface area contributed by atoms with E-state index in [1.165, 1.54) is 0 Å². The van der Waals surface area contributed by atoms with Crippen LogP contribution in [0.25, 0.3) is 23.1 Å². The molecule has 0 aromatic carbocycles. The molecule has 0 saturated carbocycles. The second-order valence-corrected chi connectivity index (χ2v) is 8.74. The number of nitrogens with one attached hydrogen (secondary N) is 1. The molecule has 1 aliphatic heterocycles. The van der Waals surface area contributed by atoms with Gasteiger partial charge in [0.05, 0.1) is 6.20 Å². The third kappa shape index (κ3) is 3.74. The fourth-order valence-electron chi connectivity index (χ4n) is 3.03. The van der Waals surface area contributed by atoms with Gasteiger partial charge in [0.15, 0.2) is 11.5 Å². The molecule has 0 amide bonds. The second kappa shape index (κ2) is 7.18. The highest BCUT2D eigenvalue weighted by Crippen LogP contribution is 2.30. The van der Waals surface area contributed by atoms with Gasteiger partial charge in [-0.1, -0.05) is 30.2 Å². The number of rotatable bonds is 3. The highest BCUT2D eigenvalue weighted by Gasteiger charge is 2.25. The molecule has 1 fully saturated rings. The summed E-state index contributed by atoms with van der Waals surface area (Å²) in [5.41, 5.74) is 6.57. The Kier molecular flexibility index (Phi) is 4.84. The number of piperidine rings is 1. The number of aromatic amines is 1. The van der Waals surface area contributed by atoms with Crippen LogP contribution in [-0.2, 0) is 5.41 Å². The predicted molar refractivity (Wildman–Crippen MR) is 107 cm³/mol. The van der Waals surface area contributed by atoms with Gasteiger partial charge >= 0.3 is 0 Å². The minimum absolute atomic E-state index is 0.219. The van der Waals surface area contributed by atoms with Crippen molar-refractivity contribution in [1.29, 1.82) is 0 Å². The number of hydrogen-bond donors (Lipinski definition) is 2. The Balaban J connectivity index is 1.62. The van der Waals surface area contributed by atoms with E-state index in [0.717, 1.165) is 31.8 Å². The summed E-state index contributed by atoms with van der Waals surface area (Å²) in [6.45, 7) is 8.01. The molecule has 3 N–H and O–H groups in total. The molecule has 3 aromatic heterocycles. The fraction of sp³-hybridized carbons (Fsp3) is 0.529. The normalized spacial score (nSPS) is 16.6. The largest absolute Gasteiger partial charge is 0.419 e. The van der Waals surface area contributed by atoms with E-state index < -0.39 is 0 Å². The summed E-state index contributed by atoms with van der Waals surface area (Å²) in [6, 6.07) is 0. The van der Waals surface area contributed by atoms with Crippen molar-refractivity contribution in [1.82, 2.24) is 40.0 Å². The number of nitrogens with two attached hydrogens (primary N) is 1. The van der Waals surface area contributed by atoms with Crippen LogP contribution in [0.5, 0.6) is 0 Å². The lowest BCUT2D eigenvalue weighted by atomic mass is 9.97. The van der Waals surface area contributed by atoms with Gasteiger partial charge in [-0.05, 0) is 12.8 Å². The highest BCUT2D eigenvalue weighted by atomic mass is 31.0. The molecule has 0 aliphatic carbocycles. The molecule has 1 unspecified atom stereocenters. The summed E-state index contributed by atoms with van der Waals surface area (Å²) in [6.07, 6.45) is 3.63. The first-order valence-electron chi connectivity index (χ1n) is 9.20. The average molecular weight is 401 g/mol. The van der Waals surface area contributed by atoms with Gasteiger partial charge in [0, 0.05) is 24.4 Å². The lowest BCUT2D eigenvalue weighted by Gasteiger charge is -2.26. The summed E-state index contributed by atoms with van der Waals surface area (Å²) in [7, 11) is 2.75. The standard InChI is InChI=1S/C17H24N9OP/c1-17(2,3)16-25-24-15(27-16)11-12(18)19-8-10(20-11)14-21-13(22-23-14)9-4-6-26(28)7-5-9/h8-9H,4-7,28H2,1-3H3,(H2,18,19)(H,21,22,23). The Morgan fingerprint density at radius 1 is 1.21 bits per heavy atom. The van der Waals surface area contributed by atoms with Crippen molar-refractivity contribution in [3.63, 3.8) is 0 Å². The number of nitrogens with zero attached hydrogens (tertiary/aromatic N) is 7. The van der Waals surface area contributed by atoms with E-state index in [1.807, 2.05) is 20.8 Å². The molecule has 4 heterocycles. The monoisotopic (exact) mass is 401 g/mol. The van der Waals surface area contributed by atoms with Gasteiger partial charge in [-0.2, -0.15) is 5.10 Å². The molecule has 148 valence electrons. The number of H-pyrrole nitrogens is 1. The molecule has 3 aromatic rings. The van der Waals surface area contributed by atoms with Crippen LogP contribution in [0.4, 0.5) is 5.82 Å². The maximum absolute atomic E-state index is 6.00. The number of hydrogen-bond acceptors (Lipinski definition) is 9. The van der Waals surface area contributed by atoms with Crippen LogP contribution in [0.15, 0.2) is 10.6 Å². The van der Waals surface area contributed by atoms with Crippen molar-refractivity contribution in [2.45, 2.75) is 44.9 Å². The van der Waals surface area contributed by atoms with Crippen LogP contribution in [0.1, 0.15) is 51.2 Å². The van der Waals surface area contributed by atoms with Gasteiger partial charge in [0.25, 0.3) is 5.89 Å². The zero-order chi connectivity index (χ0) is 19.9. The van der Waals surface area contributed by atoms with Crippen LogP contribution in [-0.4, -0.2) is 53.1 Å². The minimum Gasteiger partial charge on any atom is -0.419 e. The van der Waals surface area contributed by atoms with Gasteiger partial charge in [-0.3, -0.25) is 9.77 Å². The first-order valence-corrected chi connectivity index (χ1v) is 9.72. The van der Waals surface area contributed by atoms with E-state index in [9.17, 15) is 0 Å². The number of aromatic nitrogens is 7. The summed E-state index contributed by atoms with van der Waals surface area (Å²) in [4.78, 5) is 13.4. The van der Waals surface area contributed by atoms with Crippen molar-refractivity contribution in [3.8, 4) is 23.1 Å². The van der Waals surface area contributed by atoms with Crippen LogP contribution in [0.3, 0.4) is 0 Å². The molecule has 10 nitrogen and oxygen atoms in total. The molecule has 0 radical (unpaired) electrons. The third-order valence-corrected chi connectivity index (χ3v) is 5.23. The van der Waals surface area contributed by atoms with E-state index >= 15 is 0 Å². The first-order chi connectivity index (χ1) is 13.3. The smallest absolute Gasteiger partial charge is 0.270 e. The molecule has 0 spiro atoms. The quantitative estimate of drug-likeness (QED) is 0.633. The first kappa shape index (κ1) is 18.9. The molecular weight excluding hydrogens is 377 g/mol. The maximum Gasteiger partial charge on any atom is 0.270 e. The van der Waals surface area contributed by atoms with E-state index in [0.29, 0.717) is 29.0 Å². The van der Waals surface area contributed by atoms with E-state index in [-0.39, 0.29) is 17.1 Å². The summed E-state index contributed by atoms with van der Waals surface area (Å²) < 4.78 is 7.99. The topological polar surface area (TPSA) is 136 Å². The van der Waals surface area contributed by atoms with Gasteiger partial charge in [0.1, 0.15) is 11.5 Å². The zero-order valence-corrected chi connectivity index (χ0v) is 17.3. The van der Waals surface area contributed by atoms with E-state index in [1.54, 1.807) is 6.20 Å². The molecule has 1 saturated heterocycles. The number of anilines is 1. The molecular formula is C17H24N9OP. The molecule has 1 atom stereocenters. The van der Waals surface area contributed by atoms with Gasteiger partial charge < -0.3 is 10.2 Å². The van der Waals surface area contributed by atoms with Gasteiger partial charge in [0.2, 0.25) is 11.7 Å². The van der Waals surface area contributed by atoms with Crippen molar-refractivity contribution < 1.29 is 4.42 Å². The Morgan fingerprint density at radius 2 is 1.96 bits per heavy atom. The molecule has 28 heavy (non-hydrogen) atoms. The zero-order valence-electron chi connectivity index (χ0n) is 16.2. The van der Waals surface area contributed by atoms with Crippen molar-refractivity contribution >= 4 is 15.2 Å². The van der Waals surface area contributed by atoms with Crippen molar-refractivity contribution in [3.05, 3.63) is 17.9 Å². The molecule has 11 heteroatoms. The molecule has 0 bridgehead atoms. The van der Waals surface area contributed by atoms with Crippen molar-refractivity contribution in [2.75, 3.05) is 18.8 Å². The van der Waals surface area contributed by atoms with E-state index in [2.05, 4.69) is 49.4 Å². The Bertz CT molecular complexity index is 969.